The van der Waals surface area contributed by atoms with Gasteiger partial charge in [0.25, 0.3) is 0 Å². The minimum atomic E-state index is -0.389. The lowest BCUT2D eigenvalue weighted by molar-refractivity contribution is 0.183. The minimum absolute atomic E-state index is 0.188. The first-order valence-corrected chi connectivity index (χ1v) is 7.33. The zero-order valence-electron chi connectivity index (χ0n) is 12.6. The number of amides is 2. The molecule has 0 saturated carbocycles. The summed E-state index contributed by atoms with van der Waals surface area (Å²) in [6, 6.07) is 6.03. The Labute approximate surface area is 124 Å². The number of para-hydroxylation sites is 1. The number of nitrogens with one attached hydrogen (secondary N) is 3. The Balaban J connectivity index is 1.80. The van der Waals surface area contributed by atoms with E-state index in [1.807, 2.05) is 12.3 Å². The van der Waals surface area contributed by atoms with Crippen LogP contribution >= 0.6 is 0 Å². The molecule has 0 spiro atoms. The summed E-state index contributed by atoms with van der Waals surface area (Å²) in [5, 5.41) is 15.9. The van der Waals surface area contributed by atoms with Gasteiger partial charge in [0.1, 0.15) is 0 Å². The molecule has 5 nitrogen and oxygen atoms in total. The summed E-state index contributed by atoms with van der Waals surface area (Å²) < 4.78 is 0. The lowest BCUT2D eigenvalue weighted by Gasteiger charge is -2.08. The molecule has 1 heterocycles. The zero-order valence-corrected chi connectivity index (χ0v) is 12.6. The van der Waals surface area contributed by atoms with Gasteiger partial charge in [0.15, 0.2) is 0 Å². The van der Waals surface area contributed by atoms with Gasteiger partial charge in [-0.05, 0) is 37.8 Å². The molecule has 1 atom stereocenters. The second kappa shape index (κ2) is 7.13. The molecular formula is C16H23N3O2. The largest absolute Gasteiger partial charge is 0.393 e. The highest BCUT2D eigenvalue weighted by Gasteiger charge is 2.06. The molecule has 0 bridgehead atoms. The van der Waals surface area contributed by atoms with Gasteiger partial charge in [0.05, 0.1) is 6.10 Å². The molecule has 0 aliphatic rings. The number of aromatic amines is 1. The summed E-state index contributed by atoms with van der Waals surface area (Å²) in [5.74, 6) is 0. The summed E-state index contributed by atoms with van der Waals surface area (Å²) in [6.45, 7) is 4.85. The van der Waals surface area contributed by atoms with E-state index in [1.165, 1.54) is 16.5 Å². The molecular weight excluding hydrogens is 266 g/mol. The van der Waals surface area contributed by atoms with Gasteiger partial charge >= 0.3 is 6.03 Å². The van der Waals surface area contributed by atoms with E-state index in [0.29, 0.717) is 19.5 Å². The first-order chi connectivity index (χ1) is 10.1. The second-order valence-electron chi connectivity index (χ2n) is 5.38. The van der Waals surface area contributed by atoms with Gasteiger partial charge in [-0.1, -0.05) is 18.2 Å². The summed E-state index contributed by atoms with van der Waals surface area (Å²) in [7, 11) is 0. The third kappa shape index (κ3) is 4.23. The van der Waals surface area contributed by atoms with Crippen LogP contribution in [-0.2, 0) is 6.42 Å². The van der Waals surface area contributed by atoms with Crippen molar-refractivity contribution in [3.63, 3.8) is 0 Å². The van der Waals surface area contributed by atoms with E-state index in [2.05, 4.69) is 34.7 Å². The van der Waals surface area contributed by atoms with Gasteiger partial charge in [-0.2, -0.15) is 0 Å². The molecule has 2 amide bonds. The van der Waals surface area contributed by atoms with Crippen LogP contribution in [0.3, 0.4) is 0 Å². The van der Waals surface area contributed by atoms with Crippen LogP contribution in [0.1, 0.15) is 24.5 Å². The maximum absolute atomic E-state index is 11.6. The van der Waals surface area contributed by atoms with Crippen molar-refractivity contribution in [2.45, 2.75) is 32.8 Å². The Morgan fingerprint density at radius 1 is 1.33 bits per heavy atom. The maximum Gasteiger partial charge on any atom is 0.314 e. The molecule has 2 aromatic rings. The van der Waals surface area contributed by atoms with Crippen LogP contribution in [0.2, 0.25) is 0 Å². The molecule has 0 radical (unpaired) electrons. The molecule has 1 aromatic carbocycles. The van der Waals surface area contributed by atoms with Gasteiger partial charge < -0.3 is 20.7 Å². The number of aliphatic hydroxyl groups is 1. The molecule has 114 valence electrons. The van der Waals surface area contributed by atoms with Crippen molar-refractivity contribution in [2.24, 2.45) is 0 Å². The van der Waals surface area contributed by atoms with Crippen LogP contribution in [0.25, 0.3) is 10.9 Å². The molecule has 0 saturated heterocycles. The third-order valence-corrected chi connectivity index (χ3v) is 3.54. The van der Waals surface area contributed by atoms with Crippen molar-refractivity contribution in [2.75, 3.05) is 13.1 Å². The van der Waals surface area contributed by atoms with Crippen LogP contribution in [-0.4, -0.2) is 35.3 Å². The van der Waals surface area contributed by atoms with Gasteiger partial charge in [-0.15, -0.1) is 0 Å². The van der Waals surface area contributed by atoms with Gasteiger partial charge in [0, 0.05) is 30.2 Å². The van der Waals surface area contributed by atoms with Crippen LogP contribution in [0.5, 0.6) is 0 Å². The smallest absolute Gasteiger partial charge is 0.314 e. The van der Waals surface area contributed by atoms with Crippen molar-refractivity contribution >= 4 is 16.9 Å². The molecule has 4 N–H and O–H groups in total. The highest BCUT2D eigenvalue weighted by atomic mass is 16.3. The van der Waals surface area contributed by atoms with E-state index in [-0.39, 0.29) is 12.1 Å². The molecule has 5 heteroatoms. The van der Waals surface area contributed by atoms with Crippen LogP contribution in [0.4, 0.5) is 4.79 Å². The lowest BCUT2D eigenvalue weighted by Crippen LogP contribution is -2.37. The summed E-state index contributed by atoms with van der Waals surface area (Å²) in [4.78, 5) is 14.8. The zero-order chi connectivity index (χ0) is 15.2. The minimum Gasteiger partial charge on any atom is -0.393 e. The van der Waals surface area contributed by atoms with Crippen molar-refractivity contribution in [1.29, 1.82) is 0 Å². The number of aliphatic hydroxyl groups excluding tert-OH is 1. The quantitative estimate of drug-likeness (QED) is 0.657. The van der Waals surface area contributed by atoms with Gasteiger partial charge in [-0.3, -0.25) is 0 Å². The predicted molar refractivity (Wildman–Crippen MR) is 84.4 cm³/mol. The van der Waals surface area contributed by atoms with Crippen molar-refractivity contribution in [3.05, 3.63) is 35.5 Å². The first kappa shape index (κ1) is 15.4. The summed E-state index contributed by atoms with van der Waals surface area (Å²) in [5.41, 5.74) is 3.59. The Morgan fingerprint density at radius 3 is 2.86 bits per heavy atom. The highest BCUT2D eigenvalue weighted by molar-refractivity contribution is 5.85. The lowest BCUT2D eigenvalue weighted by atomic mass is 10.1. The number of benzene rings is 1. The fraction of sp³-hybridized carbons (Fsp3) is 0.438. The van der Waals surface area contributed by atoms with E-state index < -0.39 is 0 Å². The fourth-order valence-corrected chi connectivity index (χ4v) is 2.34. The number of aromatic nitrogens is 1. The number of fused-ring (bicyclic) bond motifs is 1. The Kier molecular flexibility index (Phi) is 5.22. The Morgan fingerprint density at radius 2 is 2.10 bits per heavy atom. The Bertz CT molecular complexity index is 605. The van der Waals surface area contributed by atoms with Gasteiger partial charge in [0.2, 0.25) is 0 Å². The van der Waals surface area contributed by atoms with E-state index in [4.69, 9.17) is 5.11 Å². The second-order valence-corrected chi connectivity index (χ2v) is 5.38. The molecule has 2 rings (SSSR count). The normalized spacial score (nSPS) is 12.3. The number of hydrogen-bond donors (Lipinski definition) is 4. The first-order valence-electron chi connectivity index (χ1n) is 7.33. The van der Waals surface area contributed by atoms with Crippen molar-refractivity contribution in [1.82, 2.24) is 15.6 Å². The number of H-pyrrole nitrogens is 1. The average Bonchev–Trinajstić information content (AvgIpc) is 2.83. The number of carbonyl (C=O) groups excluding carboxylic acids is 1. The van der Waals surface area contributed by atoms with Crippen molar-refractivity contribution in [3.8, 4) is 0 Å². The SMILES string of the molecule is Cc1cccc2c(CCNC(=O)NCCC(C)O)c[nH]c12. The average molecular weight is 289 g/mol. The van der Waals surface area contributed by atoms with E-state index in [0.717, 1.165) is 11.9 Å². The number of rotatable bonds is 6. The van der Waals surface area contributed by atoms with Crippen molar-refractivity contribution < 1.29 is 9.90 Å². The topological polar surface area (TPSA) is 77.2 Å². The molecule has 0 aliphatic heterocycles. The number of hydrogen-bond acceptors (Lipinski definition) is 2. The highest BCUT2D eigenvalue weighted by Crippen LogP contribution is 2.21. The number of carbonyl (C=O) groups is 1. The van der Waals surface area contributed by atoms with Crippen LogP contribution in [0.15, 0.2) is 24.4 Å². The van der Waals surface area contributed by atoms with Crippen LogP contribution in [0, 0.1) is 6.92 Å². The summed E-state index contributed by atoms with van der Waals surface area (Å²) >= 11 is 0. The summed E-state index contributed by atoms with van der Waals surface area (Å²) in [6.07, 6.45) is 2.97. The van der Waals surface area contributed by atoms with Crippen LogP contribution < -0.4 is 10.6 Å². The van der Waals surface area contributed by atoms with E-state index in [9.17, 15) is 4.79 Å². The monoisotopic (exact) mass is 289 g/mol. The van der Waals surface area contributed by atoms with E-state index >= 15 is 0 Å². The fourth-order valence-electron chi connectivity index (χ4n) is 2.34. The van der Waals surface area contributed by atoms with E-state index in [1.54, 1.807) is 6.92 Å². The maximum atomic E-state index is 11.6. The third-order valence-electron chi connectivity index (χ3n) is 3.54. The number of aryl methyl sites for hydroxylation is 1. The Hall–Kier alpha value is -2.01. The number of urea groups is 1. The molecule has 0 fully saturated rings. The predicted octanol–water partition coefficient (Wildman–Crippen LogP) is 2.09. The van der Waals surface area contributed by atoms with Gasteiger partial charge in [-0.25, -0.2) is 4.79 Å². The molecule has 1 unspecified atom stereocenters. The standard InChI is InChI=1S/C16H23N3O2/c1-11-4-3-5-14-13(10-19-15(11)14)7-9-18-16(21)17-8-6-12(2)20/h3-5,10,12,19-20H,6-9H2,1-2H3,(H2,17,18,21). The molecule has 1 aromatic heterocycles. The molecule has 21 heavy (non-hydrogen) atoms. The molecule has 0 aliphatic carbocycles.